The third kappa shape index (κ3) is 3.52. The van der Waals surface area contributed by atoms with Crippen LogP contribution in [0.25, 0.3) is 22.2 Å². The SMILES string of the molecule is O=C(C1CC1)N1CC(CN2C(=O)C3(CC3)N=C2c2ccc(-c3ccc4cc(F)ccc4n3)cc2)C1. The highest BCUT2D eigenvalue weighted by atomic mass is 19.1. The number of fused-ring (bicyclic) bond motifs is 1. The average molecular weight is 469 g/mol. The Morgan fingerprint density at radius 3 is 2.46 bits per heavy atom. The lowest BCUT2D eigenvalue weighted by atomic mass is 9.98. The van der Waals surface area contributed by atoms with E-state index in [1.165, 1.54) is 12.1 Å². The van der Waals surface area contributed by atoms with Crippen LogP contribution in [0.5, 0.6) is 0 Å². The van der Waals surface area contributed by atoms with Crippen LogP contribution in [0, 0.1) is 17.7 Å². The first kappa shape index (κ1) is 20.7. The number of hydrogen-bond acceptors (Lipinski definition) is 4. The molecule has 0 atom stereocenters. The molecule has 3 heterocycles. The van der Waals surface area contributed by atoms with Gasteiger partial charge in [-0.25, -0.2) is 9.37 Å². The predicted molar refractivity (Wildman–Crippen MR) is 130 cm³/mol. The second kappa shape index (κ2) is 7.44. The van der Waals surface area contributed by atoms with E-state index in [1.807, 2.05) is 46.2 Å². The van der Waals surface area contributed by atoms with Gasteiger partial charge in [0.05, 0.1) is 11.2 Å². The molecule has 2 aliphatic carbocycles. The minimum absolute atomic E-state index is 0.104. The van der Waals surface area contributed by atoms with Crippen molar-refractivity contribution >= 4 is 28.6 Å². The van der Waals surface area contributed by atoms with Gasteiger partial charge in [-0.2, -0.15) is 0 Å². The minimum atomic E-state index is -0.559. The van der Waals surface area contributed by atoms with Crippen molar-refractivity contribution < 1.29 is 14.0 Å². The lowest BCUT2D eigenvalue weighted by Gasteiger charge is -2.41. The topological polar surface area (TPSA) is 65.9 Å². The zero-order valence-electron chi connectivity index (χ0n) is 19.3. The molecule has 2 saturated carbocycles. The number of carbonyl (C=O) groups excluding carboxylic acids is 2. The van der Waals surface area contributed by atoms with E-state index in [0.29, 0.717) is 12.5 Å². The van der Waals surface area contributed by atoms with Crippen LogP contribution in [0.3, 0.4) is 0 Å². The summed E-state index contributed by atoms with van der Waals surface area (Å²) in [7, 11) is 0. The van der Waals surface area contributed by atoms with Gasteiger partial charge < -0.3 is 4.90 Å². The summed E-state index contributed by atoms with van der Waals surface area (Å²) in [5.74, 6) is 1.40. The summed E-state index contributed by atoms with van der Waals surface area (Å²) in [4.78, 5) is 38.8. The highest BCUT2D eigenvalue weighted by molar-refractivity contribution is 6.16. The number of amidine groups is 1. The summed E-state index contributed by atoms with van der Waals surface area (Å²) >= 11 is 0. The van der Waals surface area contributed by atoms with Gasteiger partial charge in [0, 0.05) is 48.0 Å². The molecule has 0 unspecified atom stereocenters. The molecule has 1 spiro atoms. The standard InChI is InChI=1S/C28H25FN4O2/c29-22-8-10-24-21(13-22)7-9-23(30-24)18-1-3-19(4-2-18)25-31-28(11-12-28)27(35)33(25)16-17-14-32(15-17)26(34)20-5-6-20/h1-4,7-10,13,17,20H,5-6,11-12,14-16H2. The van der Waals surface area contributed by atoms with Crippen LogP contribution >= 0.6 is 0 Å². The molecule has 3 aromatic rings. The number of halogens is 1. The van der Waals surface area contributed by atoms with Crippen molar-refractivity contribution in [1.82, 2.24) is 14.8 Å². The summed E-state index contributed by atoms with van der Waals surface area (Å²) in [5, 5.41) is 0.767. The summed E-state index contributed by atoms with van der Waals surface area (Å²) in [6.45, 7) is 2.07. The van der Waals surface area contributed by atoms with Gasteiger partial charge in [0.25, 0.3) is 5.91 Å². The fourth-order valence-electron chi connectivity index (χ4n) is 5.25. The van der Waals surface area contributed by atoms with Crippen molar-refractivity contribution in [2.75, 3.05) is 19.6 Å². The van der Waals surface area contributed by atoms with Crippen molar-refractivity contribution in [2.24, 2.45) is 16.8 Å². The summed E-state index contributed by atoms with van der Waals surface area (Å²) < 4.78 is 13.5. The molecule has 1 aromatic heterocycles. The molecule has 4 aliphatic rings. The van der Waals surface area contributed by atoms with Crippen LogP contribution in [0.1, 0.15) is 31.2 Å². The highest BCUT2D eigenvalue weighted by Crippen LogP contribution is 2.46. The first-order chi connectivity index (χ1) is 17.0. The Balaban J connectivity index is 1.11. The molecule has 7 rings (SSSR count). The van der Waals surface area contributed by atoms with Gasteiger partial charge in [0.1, 0.15) is 17.2 Å². The number of pyridine rings is 1. The number of nitrogens with zero attached hydrogens (tertiary/aromatic N) is 4. The Hall–Kier alpha value is -3.61. The molecule has 6 nitrogen and oxygen atoms in total. The quantitative estimate of drug-likeness (QED) is 0.568. The molecular formula is C28H25FN4O2. The molecular weight excluding hydrogens is 443 g/mol. The molecule has 2 aromatic carbocycles. The van der Waals surface area contributed by atoms with Gasteiger partial charge in [-0.1, -0.05) is 30.3 Å². The molecule has 2 amide bonds. The molecule has 0 bridgehead atoms. The predicted octanol–water partition coefficient (Wildman–Crippen LogP) is 4.03. The summed E-state index contributed by atoms with van der Waals surface area (Å²) in [6.07, 6.45) is 3.66. The van der Waals surface area contributed by atoms with E-state index in [1.54, 1.807) is 6.07 Å². The van der Waals surface area contributed by atoms with E-state index in [9.17, 15) is 14.0 Å². The lowest BCUT2D eigenvalue weighted by Crippen LogP contribution is -2.55. The van der Waals surface area contributed by atoms with Gasteiger partial charge in [-0.3, -0.25) is 19.5 Å². The largest absolute Gasteiger partial charge is 0.342 e. The fourth-order valence-corrected chi connectivity index (χ4v) is 5.25. The monoisotopic (exact) mass is 468 g/mol. The van der Waals surface area contributed by atoms with Crippen LogP contribution in [0.4, 0.5) is 4.39 Å². The Bertz CT molecular complexity index is 1400. The maximum absolute atomic E-state index is 13.5. The van der Waals surface area contributed by atoms with Crippen molar-refractivity contribution in [3.05, 3.63) is 66.0 Å². The second-order valence-electron chi connectivity index (χ2n) is 10.4. The van der Waals surface area contributed by atoms with Gasteiger partial charge in [-0.05, 0) is 49.9 Å². The third-order valence-electron chi connectivity index (χ3n) is 7.67. The number of hydrogen-bond donors (Lipinski definition) is 0. The van der Waals surface area contributed by atoms with Gasteiger partial charge in [0.2, 0.25) is 5.91 Å². The number of amides is 2. The average Bonchev–Trinajstić information content (AvgIpc) is 3.76. The van der Waals surface area contributed by atoms with Crippen LogP contribution < -0.4 is 0 Å². The van der Waals surface area contributed by atoms with Crippen LogP contribution in [0.2, 0.25) is 0 Å². The summed E-state index contributed by atoms with van der Waals surface area (Å²) in [6, 6.07) is 16.3. The number of aromatic nitrogens is 1. The number of benzene rings is 2. The molecule has 0 radical (unpaired) electrons. The van der Waals surface area contributed by atoms with Gasteiger partial charge >= 0.3 is 0 Å². The number of likely N-dealkylation sites (tertiary alicyclic amines) is 1. The lowest BCUT2D eigenvalue weighted by molar-refractivity contribution is -0.139. The summed E-state index contributed by atoms with van der Waals surface area (Å²) in [5.41, 5.74) is 2.86. The maximum Gasteiger partial charge on any atom is 0.256 e. The highest BCUT2D eigenvalue weighted by Gasteiger charge is 2.57. The van der Waals surface area contributed by atoms with Crippen molar-refractivity contribution in [3.8, 4) is 11.3 Å². The Morgan fingerprint density at radius 2 is 1.74 bits per heavy atom. The van der Waals surface area contributed by atoms with E-state index in [4.69, 9.17) is 4.99 Å². The first-order valence-corrected chi connectivity index (χ1v) is 12.4. The molecule has 7 heteroatoms. The molecule has 176 valence electrons. The van der Waals surface area contributed by atoms with E-state index in [0.717, 1.165) is 72.3 Å². The zero-order valence-corrected chi connectivity index (χ0v) is 19.3. The fraction of sp³-hybridized carbons (Fsp3) is 0.357. The van der Waals surface area contributed by atoms with Gasteiger partial charge in [0.15, 0.2) is 0 Å². The van der Waals surface area contributed by atoms with Crippen LogP contribution in [-0.4, -0.2) is 57.6 Å². The normalized spacial score (nSPS) is 20.9. The molecule has 2 aliphatic heterocycles. The van der Waals surface area contributed by atoms with E-state index >= 15 is 0 Å². The van der Waals surface area contributed by atoms with E-state index in [-0.39, 0.29) is 23.5 Å². The van der Waals surface area contributed by atoms with E-state index < -0.39 is 5.54 Å². The first-order valence-electron chi connectivity index (χ1n) is 12.4. The van der Waals surface area contributed by atoms with E-state index in [2.05, 4.69) is 4.98 Å². The van der Waals surface area contributed by atoms with Crippen molar-refractivity contribution in [2.45, 2.75) is 31.2 Å². The molecule has 3 fully saturated rings. The molecule has 35 heavy (non-hydrogen) atoms. The third-order valence-corrected chi connectivity index (χ3v) is 7.67. The number of carbonyl (C=O) groups is 2. The number of aliphatic imine (C=N–C) groups is 1. The minimum Gasteiger partial charge on any atom is -0.342 e. The van der Waals surface area contributed by atoms with Crippen LogP contribution in [-0.2, 0) is 9.59 Å². The second-order valence-corrected chi connectivity index (χ2v) is 10.4. The maximum atomic E-state index is 13.5. The van der Waals surface area contributed by atoms with Gasteiger partial charge in [-0.15, -0.1) is 0 Å². The van der Waals surface area contributed by atoms with Crippen molar-refractivity contribution in [1.29, 1.82) is 0 Å². The Morgan fingerprint density at radius 1 is 1.00 bits per heavy atom. The smallest absolute Gasteiger partial charge is 0.256 e. The number of rotatable bonds is 5. The van der Waals surface area contributed by atoms with Crippen molar-refractivity contribution in [3.63, 3.8) is 0 Å². The Kier molecular flexibility index (Phi) is 4.41. The van der Waals surface area contributed by atoms with Crippen LogP contribution in [0.15, 0.2) is 59.6 Å². The molecule has 1 saturated heterocycles. The zero-order chi connectivity index (χ0) is 23.7. The molecule has 0 N–H and O–H groups in total. The Labute approximate surface area is 202 Å².